The number of para-hydroxylation sites is 2. The predicted octanol–water partition coefficient (Wildman–Crippen LogP) is 3.07. The summed E-state index contributed by atoms with van der Waals surface area (Å²) in [4.78, 5) is 20.2. The number of nitrogens with one attached hydrogen (secondary N) is 2. The Morgan fingerprint density at radius 2 is 1.88 bits per heavy atom. The Labute approximate surface area is 139 Å². The molecule has 6 nitrogen and oxygen atoms in total. The van der Waals surface area contributed by atoms with Crippen molar-refractivity contribution in [1.82, 2.24) is 15.3 Å². The van der Waals surface area contributed by atoms with E-state index < -0.39 is 0 Å². The number of fused-ring (bicyclic) bond motifs is 1. The molecule has 0 bridgehead atoms. The van der Waals surface area contributed by atoms with Crippen LogP contribution in [0.2, 0.25) is 0 Å². The molecule has 24 heavy (non-hydrogen) atoms. The van der Waals surface area contributed by atoms with Crippen molar-refractivity contribution in [2.75, 3.05) is 14.2 Å². The molecule has 2 aromatic carbocycles. The number of aromatic nitrogens is 2. The zero-order valence-electron chi connectivity index (χ0n) is 13.8. The molecule has 0 saturated carbocycles. The number of hydrogen-bond acceptors (Lipinski definition) is 4. The minimum atomic E-state index is -0.252. The quantitative estimate of drug-likeness (QED) is 0.756. The van der Waals surface area contributed by atoms with Gasteiger partial charge in [-0.2, -0.15) is 0 Å². The number of aromatic amines is 1. The smallest absolute Gasteiger partial charge is 0.251 e. The lowest BCUT2D eigenvalue weighted by Gasteiger charge is -2.13. The largest absolute Gasteiger partial charge is 0.493 e. The van der Waals surface area contributed by atoms with E-state index >= 15 is 0 Å². The van der Waals surface area contributed by atoms with Crippen molar-refractivity contribution in [2.45, 2.75) is 13.0 Å². The number of amides is 1. The summed E-state index contributed by atoms with van der Waals surface area (Å²) in [5, 5.41) is 2.93. The van der Waals surface area contributed by atoms with Gasteiger partial charge in [0.1, 0.15) is 5.82 Å². The zero-order valence-corrected chi connectivity index (χ0v) is 13.8. The van der Waals surface area contributed by atoms with Gasteiger partial charge in [-0.15, -0.1) is 0 Å². The van der Waals surface area contributed by atoms with Crippen molar-refractivity contribution in [1.29, 1.82) is 0 Å². The number of carbonyl (C=O) groups is 1. The van der Waals surface area contributed by atoms with Crippen LogP contribution >= 0.6 is 0 Å². The molecule has 6 heteroatoms. The molecule has 124 valence electrons. The molecule has 0 radical (unpaired) electrons. The molecule has 0 aliphatic heterocycles. The lowest BCUT2D eigenvalue weighted by atomic mass is 10.1. The van der Waals surface area contributed by atoms with E-state index in [0.29, 0.717) is 22.9 Å². The maximum Gasteiger partial charge on any atom is 0.251 e. The molecule has 1 atom stereocenters. The number of H-pyrrole nitrogens is 1. The first-order chi connectivity index (χ1) is 11.6. The van der Waals surface area contributed by atoms with E-state index in [4.69, 9.17) is 9.47 Å². The van der Waals surface area contributed by atoms with Crippen molar-refractivity contribution in [2.24, 2.45) is 0 Å². The highest BCUT2D eigenvalue weighted by molar-refractivity contribution is 5.95. The first-order valence-electron chi connectivity index (χ1n) is 7.60. The Hall–Kier alpha value is -3.02. The van der Waals surface area contributed by atoms with Crippen LogP contribution in [0.5, 0.6) is 11.5 Å². The van der Waals surface area contributed by atoms with Crippen LogP contribution in [0.1, 0.15) is 29.1 Å². The van der Waals surface area contributed by atoms with Gasteiger partial charge < -0.3 is 19.8 Å². The Kier molecular flexibility index (Phi) is 4.37. The zero-order chi connectivity index (χ0) is 17.1. The van der Waals surface area contributed by atoms with Crippen molar-refractivity contribution in [3.05, 3.63) is 53.9 Å². The van der Waals surface area contributed by atoms with Crippen LogP contribution in [0.4, 0.5) is 0 Å². The van der Waals surface area contributed by atoms with Gasteiger partial charge in [0.05, 0.1) is 31.3 Å². The lowest BCUT2D eigenvalue weighted by Crippen LogP contribution is -2.27. The molecule has 0 aliphatic rings. The van der Waals surface area contributed by atoms with E-state index in [-0.39, 0.29) is 11.9 Å². The van der Waals surface area contributed by atoms with Crippen molar-refractivity contribution >= 4 is 16.9 Å². The van der Waals surface area contributed by atoms with E-state index in [0.717, 1.165) is 11.0 Å². The molecule has 0 saturated heterocycles. The van der Waals surface area contributed by atoms with Gasteiger partial charge in [0.25, 0.3) is 5.91 Å². The number of hydrogen-bond donors (Lipinski definition) is 2. The van der Waals surface area contributed by atoms with Crippen LogP contribution in [0.15, 0.2) is 42.5 Å². The van der Waals surface area contributed by atoms with Crippen molar-refractivity contribution < 1.29 is 14.3 Å². The van der Waals surface area contributed by atoms with E-state index in [2.05, 4.69) is 15.3 Å². The maximum atomic E-state index is 12.5. The Morgan fingerprint density at radius 1 is 1.12 bits per heavy atom. The number of rotatable bonds is 5. The first-order valence-corrected chi connectivity index (χ1v) is 7.60. The highest BCUT2D eigenvalue weighted by atomic mass is 16.5. The Bertz CT molecular complexity index is 840. The summed E-state index contributed by atoms with van der Waals surface area (Å²) in [5.74, 6) is 1.61. The van der Waals surface area contributed by atoms with Gasteiger partial charge in [-0.3, -0.25) is 4.79 Å². The molecule has 3 rings (SSSR count). The summed E-state index contributed by atoms with van der Waals surface area (Å²) in [6, 6.07) is 12.6. The minimum absolute atomic E-state index is 0.205. The number of imidazole rings is 1. The third kappa shape index (κ3) is 3.03. The third-order valence-electron chi connectivity index (χ3n) is 3.81. The summed E-state index contributed by atoms with van der Waals surface area (Å²) >= 11 is 0. The molecule has 0 spiro atoms. The molecule has 3 aromatic rings. The minimum Gasteiger partial charge on any atom is -0.493 e. The fourth-order valence-electron chi connectivity index (χ4n) is 2.50. The topological polar surface area (TPSA) is 76.2 Å². The Morgan fingerprint density at radius 3 is 2.58 bits per heavy atom. The standard InChI is InChI=1S/C18H19N3O3/c1-11(17-20-13-6-4-5-7-14(13)21-17)19-18(22)12-8-9-15(23-2)16(10-12)24-3/h4-11H,1-3H3,(H,19,22)(H,20,21)/t11-/m1/s1. The third-order valence-corrected chi connectivity index (χ3v) is 3.81. The summed E-state index contributed by atoms with van der Waals surface area (Å²) in [7, 11) is 3.10. The molecular weight excluding hydrogens is 306 g/mol. The number of ether oxygens (including phenoxy) is 2. The highest BCUT2D eigenvalue weighted by Gasteiger charge is 2.16. The van der Waals surface area contributed by atoms with Gasteiger partial charge in [0.2, 0.25) is 0 Å². The summed E-state index contributed by atoms with van der Waals surface area (Å²) in [6.45, 7) is 1.89. The van der Waals surface area contributed by atoms with Gasteiger partial charge in [-0.25, -0.2) is 4.98 Å². The average Bonchev–Trinajstić information content (AvgIpc) is 3.05. The van der Waals surface area contributed by atoms with Crippen LogP contribution in [-0.2, 0) is 0 Å². The molecule has 0 unspecified atom stereocenters. The molecule has 1 amide bonds. The van der Waals surface area contributed by atoms with E-state index in [1.54, 1.807) is 25.3 Å². The highest BCUT2D eigenvalue weighted by Crippen LogP contribution is 2.27. The first kappa shape index (κ1) is 15.9. The van der Waals surface area contributed by atoms with Gasteiger partial charge in [-0.05, 0) is 37.3 Å². The van der Waals surface area contributed by atoms with Gasteiger partial charge in [-0.1, -0.05) is 12.1 Å². The van der Waals surface area contributed by atoms with Crippen molar-refractivity contribution in [3.63, 3.8) is 0 Å². The second-order valence-electron chi connectivity index (χ2n) is 5.40. The number of nitrogens with zero attached hydrogens (tertiary/aromatic N) is 1. The molecule has 0 aliphatic carbocycles. The fraction of sp³-hybridized carbons (Fsp3) is 0.222. The van der Waals surface area contributed by atoms with Crippen LogP contribution in [0, 0.1) is 0 Å². The molecular formula is C18H19N3O3. The summed E-state index contributed by atoms with van der Waals surface area (Å²) in [6.07, 6.45) is 0. The van der Waals surface area contributed by atoms with Crippen LogP contribution in [0.25, 0.3) is 11.0 Å². The van der Waals surface area contributed by atoms with E-state index in [9.17, 15) is 4.79 Å². The number of methoxy groups -OCH3 is 2. The normalized spacial score (nSPS) is 12.0. The van der Waals surface area contributed by atoms with Crippen LogP contribution < -0.4 is 14.8 Å². The van der Waals surface area contributed by atoms with Gasteiger partial charge in [0, 0.05) is 5.56 Å². The number of carbonyl (C=O) groups excluding carboxylic acids is 1. The summed E-state index contributed by atoms with van der Waals surface area (Å²) < 4.78 is 10.4. The Balaban J connectivity index is 1.78. The molecule has 2 N–H and O–H groups in total. The maximum absolute atomic E-state index is 12.5. The molecule has 1 heterocycles. The second kappa shape index (κ2) is 6.62. The molecule has 0 fully saturated rings. The summed E-state index contributed by atoms with van der Waals surface area (Å²) in [5.41, 5.74) is 2.31. The lowest BCUT2D eigenvalue weighted by molar-refractivity contribution is 0.0938. The van der Waals surface area contributed by atoms with Crippen LogP contribution in [-0.4, -0.2) is 30.1 Å². The second-order valence-corrected chi connectivity index (χ2v) is 5.40. The van der Waals surface area contributed by atoms with Gasteiger partial charge >= 0.3 is 0 Å². The fourth-order valence-corrected chi connectivity index (χ4v) is 2.50. The van der Waals surface area contributed by atoms with E-state index in [1.165, 1.54) is 7.11 Å². The SMILES string of the molecule is COc1ccc(C(=O)N[C@H](C)c2nc3ccccc3[nH]2)cc1OC. The van der Waals surface area contributed by atoms with Gasteiger partial charge in [0.15, 0.2) is 11.5 Å². The predicted molar refractivity (Wildman–Crippen MR) is 91.5 cm³/mol. The number of benzene rings is 2. The monoisotopic (exact) mass is 325 g/mol. The van der Waals surface area contributed by atoms with E-state index in [1.807, 2.05) is 31.2 Å². The van der Waals surface area contributed by atoms with Crippen molar-refractivity contribution in [3.8, 4) is 11.5 Å². The average molecular weight is 325 g/mol. The van der Waals surface area contributed by atoms with Crippen LogP contribution in [0.3, 0.4) is 0 Å². The molecule has 1 aromatic heterocycles.